The third-order valence-electron chi connectivity index (χ3n) is 12.6. The van der Waals surface area contributed by atoms with Crippen LogP contribution in [0.3, 0.4) is 0 Å². The smallest absolute Gasteiger partial charge is 0.0661 e. The minimum atomic E-state index is -0.868. The van der Waals surface area contributed by atoms with E-state index in [1.54, 1.807) is 0 Å². The maximum atomic E-state index is 11.4. The van der Waals surface area contributed by atoms with E-state index < -0.39 is 34.7 Å². The Kier molecular flexibility index (Phi) is 5.84. The molecule has 0 amide bonds. The topological polar surface area (TPSA) is 101 Å². The Morgan fingerprint density at radius 3 is 2.23 bits per heavy atom. The quantitative estimate of drug-likeness (QED) is 0.414. The zero-order valence-corrected chi connectivity index (χ0v) is 22.6. The summed E-state index contributed by atoms with van der Waals surface area (Å²) >= 11 is 0. The molecule has 0 aliphatic heterocycles. The van der Waals surface area contributed by atoms with Crippen molar-refractivity contribution in [3.63, 3.8) is 0 Å². The number of allylic oxidation sites excluding steroid dienone is 3. The molecule has 5 heteroatoms. The summed E-state index contributed by atoms with van der Waals surface area (Å²) in [6.07, 6.45) is 8.80. The fraction of sp³-hybridized carbons (Fsp3) is 0.867. The molecule has 0 bridgehead atoms. The van der Waals surface area contributed by atoms with Crippen molar-refractivity contribution in [2.75, 3.05) is 6.61 Å². The van der Waals surface area contributed by atoms with Crippen molar-refractivity contribution < 1.29 is 25.5 Å². The molecule has 0 radical (unpaired) electrons. The molecule has 0 aromatic heterocycles. The molecule has 0 saturated heterocycles. The summed E-state index contributed by atoms with van der Waals surface area (Å²) in [5.74, 6) is 0.489. The molecule has 0 spiro atoms. The molecule has 11 atom stereocenters. The highest BCUT2D eigenvalue weighted by Crippen LogP contribution is 2.72. The van der Waals surface area contributed by atoms with Crippen LogP contribution in [0.5, 0.6) is 0 Å². The number of fused-ring (bicyclic) bond motifs is 5. The first-order valence-corrected chi connectivity index (χ1v) is 14.0. The number of aliphatic hydroxyl groups excluding tert-OH is 4. The van der Waals surface area contributed by atoms with Crippen LogP contribution in [0.2, 0.25) is 0 Å². The minimum Gasteiger partial charge on any atom is -0.396 e. The molecule has 198 valence electrons. The van der Waals surface area contributed by atoms with Crippen LogP contribution in [-0.2, 0) is 0 Å². The van der Waals surface area contributed by atoms with E-state index in [0.717, 1.165) is 38.5 Å². The first kappa shape index (κ1) is 25.9. The summed E-state index contributed by atoms with van der Waals surface area (Å²) in [6.45, 7) is 12.5. The summed E-state index contributed by atoms with van der Waals surface area (Å²) in [4.78, 5) is 0. The lowest BCUT2D eigenvalue weighted by Crippen LogP contribution is -2.62. The Labute approximate surface area is 211 Å². The largest absolute Gasteiger partial charge is 0.396 e. The van der Waals surface area contributed by atoms with Crippen molar-refractivity contribution in [2.45, 2.75) is 110 Å². The molecule has 5 aliphatic rings. The summed E-state index contributed by atoms with van der Waals surface area (Å²) in [7, 11) is 0. The van der Waals surface area contributed by atoms with E-state index >= 15 is 0 Å². The lowest BCUT2D eigenvalue weighted by molar-refractivity contribution is -0.168. The number of hydrogen-bond donors (Lipinski definition) is 5. The molecule has 0 unspecified atom stereocenters. The zero-order chi connectivity index (χ0) is 25.8. The van der Waals surface area contributed by atoms with Gasteiger partial charge in [-0.25, -0.2) is 0 Å². The van der Waals surface area contributed by atoms with Gasteiger partial charge < -0.3 is 25.5 Å². The Bertz CT molecular complexity index is 934. The average Bonchev–Trinajstić information content (AvgIpc) is 3.29. The molecule has 0 heterocycles. The monoisotopic (exact) mass is 488 g/mol. The predicted octanol–water partition coefficient (Wildman–Crippen LogP) is 3.97. The van der Waals surface area contributed by atoms with Gasteiger partial charge in [-0.05, 0) is 92.1 Å². The van der Waals surface area contributed by atoms with E-state index in [-0.39, 0.29) is 41.6 Å². The van der Waals surface area contributed by atoms with E-state index in [1.807, 2.05) is 20.8 Å². The van der Waals surface area contributed by atoms with Gasteiger partial charge in [0, 0.05) is 23.2 Å². The number of rotatable bonds is 3. The third kappa shape index (κ3) is 3.17. The van der Waals surface area contributed by atoms with Crippen molar-refractivity contribution in [1.82, 2.24) is 0 Å². The Morgan fingerprint density at radius 2 is 1.63 bits per heavy atom. The van der Waals surface area contributed by atoms with Crippen molar-refractivity contribution in [2.24, 2.45) is 45.3 Å². The normalized spacial score (nSPS) is 54.0. The molecular weight excluding hydrogens is 440 g/mol. The second-order valence-electron chi connectivity index (χ2n) is 14.3. The SMILES string of the molecule is CC(C)(O)[C@@H]1CC[C@H]([C@@H]2CC[C@@]3(C)C4=CC[C@H]5[C@](C)(CO)[C@@H](O)C[C@H](O)[C@]5(C)C4=CC[C@]23C)[C@@H]1O. The molecule has 35 heavy (non-hydrogen) atoms. The van der Waals surface area contributed by atoms with Crippen LogP contribution in [0.25, 0.3) is 0 Å². The first-order valence-electron chi connectivity index (χ1n) is 14.0. The van der Waals surface area contributed by atoms with Crippen molar-refractivity contribution >= 4 is 0 Å². The molecule has 3 fully saturated rings. The van der Waals surface area contributed by atoms with Gasteiger partial charge in [-0.2, -0.15) is 0 Å². The van der Waals surface area contributed by atoms with Gasteiger partial charge in [-0.3, -0.25) is 0 Å². The standard InChI is InChI=1S/C30H48O5/c1-26(2,35)21-8-7-17(25(21)34)18-11-13-29(5)19-9-10-22-27(3,16-31)23(32)15-24(33)30(22,6)20(19)12-14-28(18,29)4/h9,12,17-18,21-25,31-35H,7-8,10-11,13-16H2,1-6H3/t17-,18+,21-,22+,23+,24+,25+,27+,28-,29+,30-/m1/s1. The van der Waals surface area contributed by atoms with Crippen LogP contribution < -0.4 is 0 Å². The highest BCUT2D eigenvalue weighted by molar-refractivity contribution is 5.50. The van der Waals surface area contributed by atoms with E-state index in [9.17, 15) is 25.5 Å². The van der Waals surface area contributed by atoms with Crippen molar-refractivity contribution in [1.29, 1.82) is 0 Å². The summed E-state index contributed by atoms with van der Waals surface area (Å²) < 4.78 is 0. The number of aliphatic hydroxyl groups is 5. The van der Waals surface area contributed by atoms with Crippen LogP contribution in [0.1, 0.15) is 86.5 Å². The number of hydrogen-bond acceptors (Lipinski definition) is 5. The molecule has 5 rings (SSSR count). The average molecular weight is 489 g/mol. The van der Waals surface area contributed by atoms with Gasteiger partial charge in [0.25, 0.3) is 0 Å². The van der Waals surface area contributed by atoms with Gasteiger partial charge in [0.15, 0.2) is 0 Å². The molecule has 3 saturated carbocycles. The van der Waals surface area contributed by atoms with Crippen molar-refractivity contribution in [3.05, 3.63) is 23.3 Å². The van der Waals surface area contributed by atoms with Crippen LogP contribution in [-0.4, -0.2) is 56.1 Å². The highest BCUT2D eigenvalue weighted by atomic mass is 16.3. The Morgan fingerprint density at radius 1 is 0.943 bits per heavy atom. The van der Waals surface area contributed by atoms with Gasteiger partial charge in [0.1, 0.15) is 0 Å². The van der Waals surface area contributed by atoms with E-state index in [2.05, 4.69) is 32.9 Å². The van der Waals surface area contributed by atoms with Crippen LogP contribution in [0.15, 0.2) is 23.3 Å². The van der Waals surface area contributed by atoms with Gasteiger partial charge in [0.05, 0.1) is 30.5 Å². The second kappa shape index (κ2) is 7.89. The Balaban J connectivity index is 1.53. The van der Waals surface area contributed by atoms with E-state index in [4.69, 9.17) is 0 Å². The highest BCUT2D eigenvalue weighted by Gasteiger charge is 2.66. The van der Waals surface area contributed by atoms with Crippen LogP contribution in [0, 0.1) is 45.3 Å². The summed E-state index contributed by atoms with van der Waals surface area (Å²) in [5, 5.41) is 54.6. The van der Waals surface area contributed by atoms with Crippen LogP contribution in [0.4, 0.5) is 0 Å². The second-order valence-corrected chi connectivity index (χ2v) is 14.3. The van der Waals surface area contributed by atoms with Gasteiger partial charge in [-0.15, -0.1) is 0 Å². The third-order valence-corrected chi connectivity index (χ3v) is 12.6. The summed E-state index contributed by atoms with van der Waals surface area (Å²) in [5.41, 5.74) is 0.537. The van der Waals surface area contributed by atoms with Crippen molar-refractivity contribution in [3.8, 4) is 0 Å². The van der Waals surface area contributed by atoms with Crippen LogP contribution >= 0.6 is 0 Å². The molecule has 0 aromatic carbocycles. The Hall–Kier alpha value is -0.720. The first-order chi connectivity index (χ1) is 16.2. The zero-order valence-electron chi connectivity index (χ0n) is 22.6. The lowest BCUT2D eigenvalue weighted by Gasteiger charge is -2.62. The minimum absolute atomic E-state index is 0.00504. The van der Waals surface area contributed by atoms with Gasteiger partial charge in [0.2, 0.25) is 0 Å². The fourth-order valence-electron chi connectivity index (χ4n) is 9.96. The lowest BCUT2D eigenvalue weighted by atomic mass is 9.43. The summed E-state index contributed by atoms with van der Waals surface area (Å²) in [6, 6.07) is 0. The maximum absolute atomic E-state index is 11.4. The van der Waals surface area contributed by atoms with E-state index in [1.165, 1.54) is 11.1 Å². The predicted molar refractivity (Wildman–Crippen MR) is 136 cm³/mol. The molecule has 5 nitrogen and oxygen atoms in total. The molecule has 0 aromatic rings. The van der Waals surface area contributed by atoms with Gasteiger partial charge in [-0.1, -0.05) is 39.8 Å². The molecular formula is C30H48O5. The maximum Gasteiger partial charge on any atom is 0.0661 e. The van der Waals surface area contributed by atoms with Gasteiger partial charge >= 0.3 is 0 Å². The molecule has 5 aliphatic carbocycles. The molecule has 5 N–H and O–H groups in total. The fourth-order valence-corrected chi connectivity index (χ4v) is 9.96. The van der Waals surface area contributed by atoms with E-state index in [0.29, 0.717) is 5.92 Å².